The Balaban J connectivity index is 2.36. The van der Waals surface area contributed by atoms with Crippen LogP contribution in [0.15, 0.2) is 0 Å². The van der Waals surface area contributed by atoms with Gasteiger partial charge in [0.1, 0.15) is 0 Å². The van der Waals surface area contributed by atoms with Crippen LogP contribution >= 0.6 is 0 Å². The first kappa shape index (κ1) is 5.10. The van der Waals surface area contributed by atoms with E-state index in [1.807, 2.05) is 0 Å². The predicted octanol–water partition coefficient (Wildman–Crippen LogP) is 1.57. The molecule has 0 aromatic rings. The van der Waals surface area contributed by atoms with Crippen molar-refractivity contribution < 1.29 is 4.74 Å². The Kier molecular flexibility index (Phi) is 0.890. The molecule has 1 heterocycles. The van der Waals surface area contributed by atoms with Crippen LogP contribution in [0.1, 0.15) is 27.2 Å². The lowest BCUT2D eigenvalue weighted by molar-refractivity contribution is 0.306. The minimum Gasteiger partial charge on any atom is -0.367 e. The minimum atomic E-state index is 0.250. The Labute approximate surface area is 44.7 Å². The first-order chi connectivity index (χ1) is 3.19. The Bertz CT molecular complexity index is 76.2. The fourth-order valence-electron chi connectivity index (χ4n) is 0.741. The third-order valence-electron chi connectivity index (χ3n) is 1.95. The molecule has 0 amide bonds. The molecule has 0 spiro atoms. The fraction of sp³-hybridized carbons (Fsp3) is 1.00. The molecule has 0 saturated carbocycles. The van der Waals surface area contributed by atoms with Gasteiger partial charge in [-0.05, 0) is 20.3 Å². The second-order valence-corrected chi connectivity index (χ2v) is 2.43. The van der Waals surface area contributed by atoms with E-state index in [0.29, 0.717) is 6.10 Å². The van der Waals surface area contributed by atoms with Crippen molar-refractivity contribution in [1.82, 2.24) is 0 Å². The molecule has 0 N–H and O–H groups in total. The maximum absolute atomic E-state index is 5.25. The molecular weight excluding hydrogens is 88.1 g/mol. The van der Waals surface area contributed by atoms with Gasteiger partial charge in [0.05, 0.1) is 11.7 Å². The van der Waals surface area contributed by atoms with Gasteiger partial charge in [-0.15, -0.1) is 0 Å². The molecule has 0 aliphatic carbocycles. The fourth-order valence-corrected chi connectivity index (χ4v) is 0.741. The zero-order chi connectivity index (χ0) is 5.49. The summed E-state index contributed by atoms with van der Waals surface area (Å²) < 4.78 is 5.25. The Morgan fingerprint density at radius 3 is 2.14 bits per heavy atom. The van der Waals surface area contributed by atoms with E-state index in [9.17, 15) is 0 Å². The summed E-state index contributed by atoms with van der Waals surface area (Å²) in [4.78, 5) is 0. The van der Waals surface area contributed by atoms with Gasteiger partial charge in [0.2, 0.25) is 0 Å². The molecule has 0 aromatic heterocycles. The second kappa shape index (κ2) is 1.22. The lowest BCUT2D eigenvalue weighted by atomic mass is 10.1. The summed E-state index contributed by atoms with van der Waals surface area (Å²) in [5.74, 6) is 0. The Hall–Kier alpha value is -0.0400. The van der Waals surface area contributed by atoms with Gasteiger partial charge in [-0.25, -0.2) is 0 Å². The monoisotopic (exact) mass is 100 g/mol. The van der Waals surface area contributed by atoms with E-state index in [4.69, 9.17) is 4.74 Å². The van der Waals surface area contributed by atoms with E-state index in [1.54, 1.807) is 0 Å². The molecule has 0 bridgehead atoms. The van der Waals surface area contributed by atoms with E-state index in [0.717, 1.165) is 6.42 Å². The van der Waals surface area contributed by atoms with E-state index in [2.05, 4.69) is 20.8 Å². The lowest BCUT2D eigenvalue weighted by Gasteiger charge is -1.94. The number of hydrogen-bond acceptors (Lipinski definition) is 1. The first-order valence-corrected chi connectivity index (χ1v) is 2.87. The standard InChI is InChI=1S/C6H12O/c1-4-6(3)5(2)7-6/h5H,4H2,1-3H3/t5-,6-/m0/s1. The van der Waals surface area contributed by atoms with E-state index in [1.165, 1.54) is 0 Å². The van der Waals surface area contributed by atoms with Gasteiger partial charge < -0.3 is 4.74 Å². The van der Waals surface area contributed by atoms with Crippen LogP contribution in [-0.2, 0) is 4.74 Å². The number of hydrogen-bond donors (Lipinski definition) is 0. The third-order valence-corrected chi connectivity index (χ3v) is 1.95. The highest BCUT2D eigenvalue weighted by Crippen LogP contribution is 2.37. The van der Waals surface area contributed by atoms with Gasteiger partial charge in [-0.2, -0.15) is 0 Å². The molecule has 7 heavy (non-hydrogen) atoms. The molecule has 1 heteroatoms. The summed E-state index contributed by atoms with van der Waals surface area (Å²) in [6.45, 7) is 6.42. The van der Waals surface area contributed by atoms with Gasteiger partial charge in [0.25, 0.3) is 0 Å². The van der Waals surface area contributed by atoms with Crippen molar-refractivity contribution in [1.29, 1.82) is 0 Å². The average molecular weight is 100 g/mol. The van der Waals surface area contributed by atoms with Crippen molar-refractivity contribution in [2.24, 2.45) is 0 Å². The Morgan fingerprint density at radius 1 is 1.71 bits per heavy atom. The second-order valence-electron chi connectivity index (χ2n) is 2.43. The molecule has 1 aliphatic rings. The maximum Gasteiger partial charge on any atom is 0.0915 e. The van der Waals surface area contributed by atoms with E-state index >= 15 is 0 Å². The predicted molar refractivity (Wildman–Crippen MR) is 29.2 cm³/mol. The minimum absolute atomic E-state index is 0.250. The van der Waals surface area contributed by atoms with Crippen molar-refractivity contribution in [3.63, 3.8) is 0 Å². The average Bonchev–Trinajstić information content (AvgIpc) is 2.18. The van der Waals surface area contributed by atoms with Crippen LogP contribution in [0.3, 0.4) is 0 Å². The summed E-state index contributed by atoms with van der Waals surface area (Å²) in [7, 11) is 0. The molecule has 1 fully saturated rings. The molecule has 0 radical (unpaired) electrons. The van der Waals surface area contributed by atoms with Crippen LogP contribution in [0.4, 0.5) is 0 Å². The topological polar surface area (TPSA) is 12.5 Å². The Morgan fingerprint density at radius 2 is 2.14 bits per heavy atom. The summed E-state index contributed by atoms with van der Waals surface area (Å²) >= 11 is 0. The molecule has 1 nitrogen and oxygen atoms in total. The van der Waals surface area contributed by atoms with Gasteiger partial charge in [0, 0.05) is 0 Å². The van der Waals surface area contributed by atoms with Crippen LogP contribution in [0.5, 0.6) is 0 Å². The third kappa shape index (κ3) is 0.653. The van der Waals surface area contributed by atoms with Crippen LogP contribution in [0.25, 0.3) is 0 Å². The lowest BCUT2D eigenvalue weighted by Crippen LogP contribution is -2.03. The zero-order valence-electron chi connectivity index (χ0n) is 5.19. The molecule has 1 saturated heterocycles. The van der Waals surface area contributed by atoms with Crippen LogP contribution in [-0.4, -0.2) is 11.7 Å². The summed E-state index contributed by atoms with van der Waals surface area (Å²) in [6.07, 6.45) is 1.66. The highest BCUT2D eigenvalue weighted by Gasteiger charge is 2.46. The molecular formula is C6H12O. The number of rotatable bonds is 1. The van der Waals surface area contributed by atoms with Gasteiger partial charge in [-0.3, -0.25) is 0 Å². The van der Waals surface area contributed by atoms with E-state index < -0.39 is 0 Å². The molecule has 1 aliphatic heterocycles. The highest BCUT2D eigenvalue weighted by molar-refractivity contribution is 4.94. The van der Waals surface area contributed by atoms with Gasteiger partial charge in [-0.1, -0.05) is 6.92 Å². The quantitative estimate of drug-likeness (QED) is 0.456. The van der Waals surface area contributed by atoms with Crippen LogP contribution < -0.4 is 0 Å². The first-order valence-electron chi connectivity index (χ1n) is 2.87. The van der Waals surface area contributed by atoms with Crippen molar-refractivity contribution >= 4 is 0 Å². The zero-order valence-corrected chi connectivity index (χ0v) is 5.19. The van der Waals surface area contributed by atoms with Crippen molar-refractivity contribution in [2.75, 3.05) is 0 Å². The molecule has 42 valence electrons. The van der Waals surface area contributed by atoms with Gasteiger partial charge in [0.15, 0.2) is 0 Å². The number of ether oxygens (including phenoxy) is 1. The molecule has 0 aromatic carbocycles. The van der Waals surface area contributed by atoms with Crippen LogP contribution in [0.2, 0.25) is 0 Å². The molecule has 1 rings (SSSR count). The van der Waals surface area contributed by atoms with Gasteiger partial charge >= 0.3 is 0 Å². The van der Waals surface area contributed by atoms with Crippen molar-refractivity contribution in [3.05, 3.63) is 0 Å². The van der Waals surface area contributed by atoms with Crippen LogP contribution in [0, 0.1) is 0 Å². The molecule has 2 atom stereocenters. The smallest absolute Gasteiger partial charge is 0.0915 e. The maximum atomic E-state index is 5.25. The highest BCUT2D eigenvalue weighted by atomic mass is 16.6. The summed E-state index contributed by atoms with van der Waals surface area (Å²) in [5, 5.41) is 0. The van der Waals surface area contributed by atoms with E-state index in [-0.39, 0.29) is 5.60 Å². The molecule has 0 unspecified atom stereocenters. The normalized spacial score (nSPS) is 49.3. The SMILES string of the molecule is CC[C@]1(C)O[C@H]1C. The largest absolute Gasteiger partial charge is 0.367 e. The van der Waals surface area contributed by atoms with Crippen molar-refractivity contribution in [2.45, 2.75) is 38.9 Å². The van der Waals surface area contributed by atoms with Crippen molar-refractivity contribution in [3.8, 4) is 0 Å². The summed E-state index contributed by atoms with van der Waals surface area (Å²) in [6, 6.07) is 0. The number of epoxide rings is 1. The summed E-state index contributed by atoms with van der Waals surface area (Å²) in [5.41, 5.74) is 0.250.